The van der Waals surface area contributed by atoms with Crippen molar-refractivity contribution in [1.29, 1.82) is 0 Å². The van der Waals surface area contributed by atoms with E-state index < -0.39 is 0 Å². The largest absolute Gasteiger partial charge is 0.379 e. The molecule has 2 N–H and O–H groups in total. The summed E-state index contributed by atoms with van der Waals surface area (Å²) in [5.41, 5.74) is 1.80. The molecule has 0 unspecified atom stereocenters. The first-order chi connectivity index (χ1) is 8.24. The van der Waals surface area contributed by atoms with Crippen LogP contribution in [-0.4, -0.2) is 29.5 Å². The summed E-state index contributed by atoms with van der Waals surface area (Å²) in [6.07, 6.45) is 4.54. The summed E-state index contributed by atoms with van der Waals surface area (Å²) < 4.78 is 0. The highest BCUT2D eigenvalue weighted by atomic mass is 16.2. The van der Waals surface area contributed by atoms with Crippen molar-refractivity contribution in [2.45, 2.75) is 13.0 Å². The Morgan fingerprint density at radius 3 is 3.06 bits per heavy atom. The van der Waals surface area contributed by atoms with Gasteiger partial charge in [0, 0.05) is 38.1 Å². The molecule has 0 aromatic carbocycles. The zero-order valence-corrected chi connectivity index (χ0v) is 9.81. The monoisotopic (exact) mass is 232 g/mol. The lowest BCUT2D eigenvalue weighted by molar-refractivity contribution is 0.242. The SMILES string of the molecule is CN1C=C(NC(=O)NCc2ccccn2)CC1. The minimum absolute atomic E-state index is 0.183. The van der Waals surface area contributed by atoms with Crippen LogP contribution in [0.3, 0.4) is 0 Å². The van der Waals surface area contributed by atoms with E-state index in [1.54, 1.807) is 6.20 Å². The number of hydrogen-bond acceptors (Lipinski definition) is 3. The number of pyridine rings is 1. The number of nitrogens with one attached hydrogen (secondary N) is 2. The van der Waals surface area contributed by atoms with Crippen molar-refractivity contribution in [2.75, 3.05) is 13.6 Å². The van der Waals surface area contributed by atoms with Crippen molar-refractivity contribution in [1.82, 2.24) is 20.5 Å². The molecular formula is C12H16N4O. The molecule has 0 fully saturated rings. The van der Waals surface area contributed by atoms with Gasteiger partial charge in [0.1, 0.15) is 0 Å². The van der Waals surface area contributed by atoms with Gasteiger partial charge in [-0.25, -0.2) is 4.79 Å². The summed E-state index contributed by atoms with van der Waals surface area (Å²) in [5.74, 6) is 0. The van der Waals surface area contributed by atoms with Gasteiger partial charge in [0.15, 0.2) is 0 Å². The molecule has 5 nitrogen and oxygen atoms in total. The number of aromatic nitrogens is 1. The van der Waals surface area contributed by atoms with E-state index >= 15 is 0 Å². The smallest absolute Gasteiger partial charge is 0.319 e. The van der Waals surface area contributed by atoms with Gasteiger partial charge in [-0.15, -0.1) is 0 Å². The van der Waals surface area contributed by atoms with E-state index in [9.17, 15) is 4.79 Å². The molecular weight excluding hydrogens is 216 g/mol. The molecule has 17 heavy (non-hydrogen) atoms. The maximum Gasteiger partial charge on any atom is 0.319 e. The number of carbonyl (C=O) groups is 1. The molecule has 2 heterocycles. The lowest BCUT2D eigenvalue weighted by atomic mass is 10.3. The van der Waals surface area contributed by atoms with Gasteiger partial charge in [0.2, 0.25) is 0 Å². The van der Waals surface area contributed by atoms with Gasteiger partial charge in [-0.1, -0.05) is 6.07 Å². The Kier molecular flexibility index (Phi) is 3.59. The highest BCUT2D eigenvalue weighted by Crippen LogP contribution is 2.08. The molecule has 1 aromatic heterocycles. The van der Waals surface area contributed by atoms with E-state index in [1.165, 1.54) is 0 Å². The van der Waals surface area contributed by atoms with E-state index in [-0.39, 0.29) is 6.03 Å². The molecule has 1 aromatic rings. The predicted molar refractivity (Wildman–Crippen MR) is 64.9 cm³/mol. The standard InChI is InChI=1S/C12H16N4O/c1-16-7-5-11(9-16)15-12(17)14-8-10-4-2-3-6-13-10/h2-4,6,9H,5,7-8H2,1H3,(H2,14,15,17). The molecule has 0 bridgehead atoms. The Labute approximate surface area is 101 Å². The van der Waals surface area contributed by atoms with E-state index in [0.29, 0.717) is 6.54 Å². The molecule has 0 aliphatic carbocycles. The number of urea groups is 1. The molecule has 0 atom stereocenters. The average molecular weight is 232 g/mol. The molecule has 0 spiro atoms. The zero-order valence-electron chi connectivity index (χ0n) is 9.81. The molecule has 1 aliphatic heterocycles. The topological polar surface area (TPSA) is 57.3 Å². The van der Waals surface area contributed by atoms with Crippen molar-refractivity contribution in [3.05, 3.63) is 42.0 Å². The van der Waals surface area contributed by atoms with Crippen LogP contribution in [0.15, 0.2) is 36.3 Å². The van der Waals surface area contributed by atoms with Crippen molar-refractivity contribution >= 4 is 6.03 Å². The third-order valence-electron chi connectivity index (χ3n) is 2.54. The lowest BCUT2D eigenvalue weighted by Crippen LogP contribution is -2.34. The first kappa shape index (κ1) is 11.4. The average Bonchev–Trinajstić information content (AvgIpc) is 2.73. The molecule has 5 heteroatoms. The van der Waals surface area contributed by atoms with E-state index in [1.807, 2.05) is 36.3 Å². The maximum atomic E-state index is 11.6. The van der Waals surface area contributed by atoms with Crippen LogP contribution in [0.4, 0.5) is 4.79 Å². The van der Waals surface area contributed by atoms with Crippen LogP contribution < -0.4 is 10.6 Å². The van der Waals surface area contributed by atoms with Gasteiger partial charge in [-0.3, -0.25) is 4.98 Å². The van der Waals surface area contributed by atoms with E-state index in [2.05, 4.69) is 15.6 Å². The van der Waals surface area contributed by atoms with Crippen LogP contribution >= 0.6 is 0 Å². The van der Waals surface area contributed by atoms with Crippen molar-refractivity contribution in [3.63, 3.8) is 0 Å². The molecule has 1 aliphatic rings. The Bertz CT molecular complexity index is 416. The zero-order chi connectivity index (χ0) is 12.1. The number of amides is 2. The third-order valence-corrected chi connectivity index (χ3v) is 2.54. The Morgan fingerprint density at radius 2 is 2.41 bits per heavy atom. The summed E-state index contributed by atoms with van der Waals surface area (Å²) in [6, 6.07) is 5.44. The Hall–Kier alpha value is -2.04. The van der Waals surface area contributed by atoms with Gasteiger partial charge in [0.05, 0.1) is 12.2 Å². The lowest BCUT2D eigenvalue weighted by Gasteiger charge is -2.06. The minimum Gasteiger partial charge on any atom is -0.379 e. The summed E-state index contributed by atoms with van der Waals surface area (Å²) in [5, 5.41) is 5.59. The molecule has 2 rings (SSSR count). The summed E-state index contributed by atoms with van der Waals surface area (Å²) in [6.45, 7) is 1.39. The van der Waals surface area contributed by atoms with Crippen LogP contribution in [0.2, 0.25) is 0 Å². The second-order valence-corrected chi connectivity index (χ2v) is 4.01. The third kappa shape index (κ3) is 3.48. The normalized spacial score (nSPS) is 14.4. The van der Waals surface area contributed by atoms with Crippen LogP contribution in [-0.2, 0) is 6.54 Å². The van der Waals surface area contributed by atoms with Crippen molar-refractivity contribution in [3.8, 4) is 0 Å². The highest BCUT2D eigenvalue weighted by Gasteiger charge is 2.11. The Balaban J connectivity index is 1.77. The van der Waals surface area contributed by atoms with Crippen LogP contribution in [0.5, 0.6) is 0 Å². The number of carbonyl (C=O) groups excluding carboxylic acids is 1. The second-order valence-electron chi connectivity index (χ2n) is 4.01. The highest BCUT2D eigenvalue weighted by molar-refractivity contribution is 5.75. The fourth-order valence-electron chi connectivity index (χ4n) is 1.65. The fourth-order valence-corrected chi connectivity index (χ4v) is 1.65. The van der Waals surface area contributed by atoms with E-state index in [4.69, 9.17) is 0 Å². The summed E-state index contributed by atoms with van der Waals surface area (Å²) in [7, 11) is 1.99. The second kappa shape index (κ2) is 5.34. The molecule has 90 valence electrons. The van der Waals surface area contributed by atoms with Gasteiger partial charge >= 0.3 is 6.03 Å². The van der Waals surface area contributed by atoms with Gasteiger partial charge in [-0.05, 0) is 12.1 Å². The van der Waals surface area contributed by atoms with E-state index in [0.717, 1.165) is 24.4 Å². The molecule has 0 saturated heterocycles. The summed E-state index contributed by atoms with van der Waals surface area (Å²) >= 11 is 0. The maximum absolute atomic E-state index is 11.6. The molecule has 0 saturated carbocycles. The molecule has 2 amide bonds. The molecule has 0 radical (unpaired) electrons. The van der Waals surface area contributed by atoms with Crippen LogP contribution in [0.1, 0.15) is 12.1 Å². The van der Waals surface area contributed by atoms with Crippen LogP contribution in [0, 0.1) is 0 Å². The van der Waals surface area contributed by atoms with Crippen LogP contribution in [0.25, 0.3) is 0 Å². The number of nitrogens with zero attached hydrogens (tertiary/aromatic N) is 2. The van der Waals surface area contributed by atoms with Gasteiger partial charge < -0.3 is 15.5 Å². The van der Waals surface area contributed by atoms with Gasteiger partial charge in [0.25, 0.3) is 0 Å². The van der Waals surface area contributed by atoms with Crippen molar-refractivity contribution in [2.24, 2.45) is 0 Å². The van der Waals surface area contributed by atoms with Gasteiger partial charge in [-0.2, -0.15) is 0 Å². The first-order valence-corrected chi connectivity index (χ1v) is 5.60. The number of hydrogen-bond donors (Lipinski definition) is 2. The predicted octanol–water partition coefficient (Wildman–Crippen LogP) is 1.06. The van der Waals surface area contributed by atoms with Crippen molar-refractivity contribution < 1.29 is 4.79 Å². The first-order valence-electron chi connectivity index (χ1n) is 5.60. The fraction of sp³-hybridized carbons (Fsp3) is 0.333. The quantitative estimate of drug-likeness (QED) is 0.819. The number of rotatable bonds is 3. The minimum atomic E-state index is -0.183. The summed E-state index contributed by atoms with van der Waals surface area (Å²) in [4.78, 5) is 17.7. The Morgan fingerprint density at radius 1 is 1.53 bits per heavy atom.